The van der Waals surface area contributed by atoms with Crippen molar-refractivity contribution in [1.29, 1.82) is 0 Å². The van der Waals surface area contributed by atoms with Crippen LogP contribution in [0, 0.1) is 24.7 Å². The molecule has 170 valence electrons. The van der Waals surface area contributed by atoms with E-state index in [1.54, 1.807) is 26.0 Å². The molecule has 0 bridgehead atoms. The average molecular weight is 446 g/mol. The van der Waals surface area contributed by atoms with Crippen LogP contribution in [-0.2, 0) is 19.2 Å². The molecule has 0 radical (unpaired) electrons. The lowest BCUT2D eigenvalue weighted by molar-refractivity contribution is -0.140. The van der Waals surface area contributed by atoms with Crippen molar-refractivity contribution in [2.24, 2.45) is 17.8 Å². The first-order valence-corrected chi connectivity index (χ1v) is 11.6. The van der Waals surface area contributed by atoms with Gasteiger partial charge in [-0.15, -0.1) is 0 Å². The maximum absolute atomic E-state index is 13.4. The third-order valence-electron chi connectivity index (χ3n) is 7.68. The molecule has 6 nitrogen and oxygen atoms in total. The van der Waals surface area contributed by atoms with Gasteiger partial charge in [0.25, 0.3) is 0 Å². The van der Waals surface area contributed by atoms with Crippen LogP contribution in [0.3, 0.4) is 0 Å². The van der Waals surface area contributed by atoms with Crippen LogP contribution in [0.15, 0.2) is 52.6 Å². The lowest BCUT2D eigenvalue weighted by atomic mass is 9.59. The minimum Gasteiger partial charge on any atom is -0.507 e. The van der Waals surface area contributed by atoms with Crippen LogP contribution in [0.4, 0.5) is 0 Å². The summed E-state index contributed by atoms with van der Waals surface area (Å²) in [5.41, 5.74) is 3.30. The molecule has 0 spiro atoms. The normalized spacial score (nSPS) is 29.0. The summed E-state index contributed by atoms with van der Waals surface area (Å²) in [6.45, 7) is 5.75. The lowest BCUT2D eigenvalue weighted by Crippen LogP contribution is -2.39. The number of rotatable bonds is 3. The second-order valence-electron chi connectivity index (χ2n) is 9.57. The molecule has 1 fully saturated rings. The zero-order valence-electron chi connectivity index (χ0n) is 19.1. The van der Waals surface area contributed by atoms with Gasteiger partial charge in [-0.2, -0.15) is 0 Å². The Hall–Kier alpha value is -3.28. The molecule has 1 saturated heterocycles. The second kappa shape index (κ2) is 7.65. The summed E-state index contributed by atoms with van der Waals surface area (Å²) in [4.78, 5) is 54.1. The van der Waals surface area contributed by atoms with Crippen LogP contribution in [-0.4, -0.2) is 39.9 Å². The standard InChI is InChI=1S/C27H27NO5/c1-4-10-28-26(32)17-9-8-15-18(22(17)27(28)33)12-19-20(29)11-14(3)25(31)23(19)21(15)16-7-5-6-13(2)24(16)30/h5-8,11,17-18,21-22,30H,4,9-10,12H2,1-3H3. The number of benzene rings is 1. The summed E-state index contributed by atoms with van der Waals surface area (Å²) >= 11 is 0. The number of Topliss-reactive ketones (excluding diaryl/α,β-unsaturated/α-hetero) is 1. The van der Waals surface area contributed by atoms with Gasteiger partial charge in [0.15, 0.2) is 11.6 Å². The number of hydrogen-bond donors (Lipinski definition) is 1. The van der Waals surface area contributed by atoms with Crippen molar-refractivity contribution in [3.05, 3.63) is 63.8 Å². The van der Waals surface area contributed by atoms with Gasteiger partial charge < -0.3 is 5.11 Å². The quantitative estimate of drug-likeness (QED) is 0.437. The van der Waals surface area contributed by atoms with Crippen LogP contribution in [0.2, 0.25) is 0 Å². The van der Waals surface area contributed by atoms with Crippen LogP contribution in [0.5, 0.6) is 5.75 Å². The Morgan fingerprint density at radius 2 is 1.82 bits per heavy atom. The molecule has 1 N–H and O–H groups in total. The predicted octanol–water partition coefficient (Wildman–Crippen LogP) is 3.54. The molecule has 0 aromatic heterocycles. The molecule has 3 aliphatic carbocycles. The Morgan fingerprint density at radius 1 is 1.06 bits per heavy atom. The summed E-state index contributed by atoms with van der Waals surface area (Å²) < 4.78 is 0. The Labute approximate surface area is 192 Å². The average Bonchev–Trinajstić information content (AvgIpc) is 3.03. The van der Waals surface area contributed by atoms with Crippen molar-refractivity contribution in [2.75, 3.05) is 6.54 Å². The molecule has 5 rings (SSSR count). The summed E-state index contributed by atoms with van der Waals surface area (Å²) in [7, 11) is 0. The molecule has 1 aromatic rings. The molecular weight excluding hydrogens is 418 g/mol. The van der Waals surface area contributed by atoms with Crippen molar-refractivity contribution in [3.8, 4) is 5.75 Å². The van der Waals surface area contributed by atoms with Gasteiger partial charge in [-0.25, -0.2) is 0 Å². The molecule has 4 atom stereocenters. The van der Waals surface area contributed by atoms with E-state index in [4.69, 9.17) is 0 Å². The van der Waals surface area contributed by atoms with E-state index in [9.17, 15) is 24.3 Å². The van der Waals surface area contributed by atoms with E-state index in [2.05, 4.69) is 0 Å². The smallest absolute Gasteiger partial charge is 0.233 e. The fourth-order valence-electron chi connectivity index (χ4n) is 6.14. The number of likely N-dealkylation sites (tertiary alicyclic amines) is 1. The van der Waals surface area contributed by atoms with Crippen molar-refractivity contribution < 1.29 is 24.3 Å². The van der Waals surface area contributed by atoms with E-state index in [0.29, 0.717) is 47.2 Å². The highest BCUT2D eigenvalue weighted by Gasteiger charge is 2.56. The molecule has 1 heterocycles. The molecule has 4 aliphatic rings. The number of para-hydroxylation sites is 1. The Morgan fingerprint density at radius 3 is 2.55 bits per heavy atom. The maximum Gasteiger partial charge on any atom is 0.233 e. The summed E-state index contributed by atoms with van der Waals surface area (Å²) in [5.74, 6) is -2.58. The highest BCUT2D eigenvalue weighted by Crippen LogP contribution is 2.56. The van der Waals surface area contributed by atoms with E-state index in [-0.39, 0.29) is 41.5 Å². The number of phenols is 1. The molecule has 4 unspecified atom stereocenters. The van der Waals surface area contributed by atoms with Gasteiger partial charge in [-0.05, 0) is 50.7 Å². The van der Waals surface area contributed by atoms with Gasteiger partial charge in [-0.3, -0.25) is 24.1 Å². The van der Waals surface area contributed by atoms with E-state index >= 15 is 0 Å². The van der Waals surface area contributed by atoms with E-state index in [1.165, 1.54) is 11.0 Å². The maximum atomic E-state index is 13.4. The number of aryl methyl sites for hydroxylation is 1. The molecule has 33 heavy (non-hydrogen) atoms. The monoisotopic (exact) mass is 445 g/mol. The number of aromatic hydroxyl groups is 1. The Balaban J connectivity index is 1.70. The summed E-state index contributed by atoms with van der Waals surface area (Å²) in [6.07, 6.45) is 4.72. The first kappa shape index (κ1) is 21.6. The summed E-state index contributed by atoms with van der Waals surface area (Å²) in [5, 5.41) is 11.0. The van der Waals surface area contributed by atoms with Crippen LogP contribution in [0.25, 0.3) is 0 Å². The molecule has 0 saturated carbocycles. The first-order chi connectivity index (χ1) is 15.8. The number of fused-ring (bicyclic) bond motifs is 3. The number of amides is 2. The molecule has 1 aromatic carbocycles. The largest absolute Gasteiger partial charge is 0.507 e. The minimum absolute atomic E-state index is 0.0897. The molecule has 1 aliphatic heterocycles. The second-order valence-corrected chi connectivity index (χ2v) is 9.57. The van der Waals surface area contributed by atoms with Crippen molar-refractivity contribution in [2.45, 2.75) is 46.0 Å². The number of carbonyl (C=O) groups is 4. The van der Waals surface area contributed by atoms with Gasteiger partial charge in [0.2, 0.25) is 11.8 Å². The van der Waals surface area contributed by atoms with Gasteiger partial charge in [0.05, 0.1) is 11.8 Å². The third-order valence-corrected chi connectivity index (χ3v) is 7.68. The lowest BCUT2D eigenvalue weighted by Gasteiger charge is -2.42. The zero-order valence-corrected chi connectivity index (χ0v) is 19.1. The van der Waals surface area contributed by atoms with Crippen molar-refractivity contribution in [1.82, 2.24) is 4.90 Å². The van der Waals surface area contributed by atoms with E-state index in [0.717, 1.165) is 5.57 Å². The number of imide groups is 1. The van der Waals surface area contributed by atoms with Crippen LogP contribution in [0.1, 0.15) is 50.2 Å². The first-order valence-electron chi connectivity index (χ1n) is 11.6. The van der Waals surface area contributed by atoms with Gasteiger partial charge in [0, 0.05) is 34.7 Å². The number of hydrogen-bond acceptors (Lipinski definition) is 5. The van der Waals surface area contributed by atoms with E-state index < -0.39 is 17.8 Å². The van der Waals surface area contributed by atoms with Gasteiger partial charge >= 0.3 is 0 Å². The highest BCUT2D eigenvalue weighted by molar-refractivity contribution is 6.24. The number of carbonyl (C=O) groups excluding carboxylic acids is 4. The van der Waals surface area contributed by atoms with Crippen molar-refractivity contribution in [3.63, 3.8) is 0 Å². The molecule has 6 heteroatoms. The number of allylic oxidation sites excluding steroid dienone is 6. The van der Waals surface area contributed by atoms with Crippen LogP contribution < -0.4 is 0 Å². The molecular formula is C27H27NO5. The van der Waals surface area contributed by atoms with Crippen molar-refractivity contribution >= 4 is 23.4 Å². The third kappa shape index (κ3) is 3.00. The van der Waals surface area contributed by atoms with Gasteiger partial charge in [0.1, 0.15) is 5.75 Å². The zero-order chi connectivity index (χ0) is 23.6. The number of nitrogens with zero attached hydrogens (tertiary/aromatic N) is 1. The highest BCUT2D eigenvalue weighted by atomic mass is 16.3. The minimum atomic E-state index is -0.608. The topological polar surface area (TPSA) is 91.8 Å². The predicted molar refractivity (Wildman–Crippen MR) is 121 cm³/mol. The fourth-order valence-corrected chi connectivity index (χ4v) is 6.14. The van der Waals surface area contributed by atoms with E-state index in [1.807, 2.05) is 19.1 Å². The number of ketones is 2. The Kier molecular flexibility index (Phi) is 5.00. The summed E-state index contributed by atoms with van der Waals surface area (Å²) in [6, 6.07) is 5.40. The number of phenolic OH excluding ortho intramolecular Hbond substituents is 1. The van der Waals surface area contributed by atoms with Gasteiger partial charge in [-0.1, -0.05) is 36.8 Å². The fraction of sp³-hybridized carbons (Fsp3) is 0.407. The van der Waals surface area contributed by atoms with Crippen LogP contribution >= 0.6 is 0 Å². The Bertz CT molecular complexity index is 1220. The SMILES string of the molecule is CCCN1C(=O)C2CC=C3C(c4cccc(C)c4O)C4=C(CC3C2C1=O)C(=O)C=C(C)C4=O. The molecule has 2 amide bonds.